The van der Waals surface area contributed by atoms with E-state index in [4.69, 9.17) is 4.98 Å². The molecular formula is C23H20N4O. The Kier molecular flexibility index (Phi) is 4.13. The van der Waals surface area contributed by atoms with E-state index in [1.165, 1.54) is 0 Å². The molecule has 2 aromatic heterocycles. The monoisotopic (exact) mass is 368 g/mol. The van der Waals surface area contributed by atoms with E-state index in [2.05, 4.69) is 15.2 Å². The van der Waals surface area contributed by atoms with Crippen molar-refractivity contribution in [1.82, 2.24) is 15.3 Å². The third-order valence-corrected chi connectivity index (χ3v) is 5.31. The van der Waals surface area contributed by atoms with Crippen LogP contribution in [0.3, 0.4) is 0 Å². The Labute approximate surface area is 163 Å². The molecule has 5 heteroatoms. The molecule has 1 aliphatic rings. The number of benzene rings is 2. The first-order valence-electron chi connectivity index (χ1n) is 9.54. The van der Waals surface area contributed by atoms with Gasteiger partial charge < -0.3 is 10.2 Å². The van der Waals surface area contributed by atoms with Crippen LogP contribution in [0.1, 0.15) is 16.8 Å². The lowest BCUT2D eigenvalue weighted by Crippen LogP contribution is -2.37. The van der Waals surface area contributed by atoms with Gasteiger partial charge in [-0.05, 0) is 30.7 Å². The van der Waals surface area contributed by atoms with Gasteiger partial charge in [0.15, 0.2) is 0 Å². The fraction of sp³-hybridized carbons (Fsp3) is 0.174. The van der Waals surface area contributed by atoms with Crippen LogP contribution in [0.25, 0.3) is 21.8 Å². The molecule has 1 saturated heterocycles. The molecule has 138 valence electrons. The zero-order chi connectivity index (χ0) is 18.9. The topological polar surface area (TPSA) is 58.1 Å². The van der Waals surface area contributed by atoms with Crippen molar-refractivity contribution in [3.63, 3.8) is 0 Å². The number of pyridine rings is 2. The van der Waals surface area contributed by atoms with E-state index in [0.29, 0.717) is 5.56 Å². The fourth-order valence-corrected chi connectivity index (χ4v) is 3.97. The molecule has 0 radical (unpaired) electrons. The van der Waals surface area contributed by atoms with Crippen LogP contribution in [0.15, 0.2) is 72.9 Å². The predicted octanol–water partition coefficient (Wildman–Crippen LogP) is 3.79. The number of carbonyl (C=O) groups excluding carboxylic acids is 1. The van der Waals surface area contributed by atoms with E-state index in [0.717, 1.165) is 47.1 Å². The third-order valence-electron chi connectivity index (χ3n) is 5.31. The van der Waals surface area contributed by atoms with Crippen molar-refractivity contribution in [2.45, 2.75) is 12.5 Å². The SMILES string of the molecule is O=C(NC1CCN(c2ccccn2)C1)c1c2ccccc2nc2ccccc12. The first kappa shape index (κ1) is 16.7. The number of anilines is 1. The van der Waals surface area contributed by atoms with Gasteiger partial charge in [-0.3, -0.25) is 4.79 Å². The van der Waals surface area contributed by atoms with Gasteiger partial charge in [0.1, 0.15) is 5.82 Å². The Morgan fingerprint density at radius 2 is 1.61 bits per heavy atom. The Morgan fingerprint density at radius 1 is 0.929 bits per heavy atom. The summed E-state index contributed by atoms with van der Waals surface area (Å²) in [7, 11) is 0. The normalized spacial score (nSPS) is 16.6. The zero-order valence-corrected chi connectivity index (χ0v) is 15.4. The molecule has 0 saturated carbocycles. The number of hydrogen-bond donors (Lipinski definition) is 1. The molecule has 1 N–H and O–H groups in total. The second kappa shape index (κ2) is 6.93. The maximum Gasteiger partial charge on any atom is 0.252 e. The predicted molar refractivity (Wildman–Crippen MR) is 112 cm³/mol. The van der Waals surface area contributed by atoms with Crippen molar-refractivity contribution in [1.29, 1.82) is 0 Å². The lowest BCUT2D eigenvalue weighted by Gasteiger charge is -2.18. The van der Waals surface area contributed by atoms with Crippen molar-refractivity contribution in [2.75, 3.05) is 18.0 Å². The number of aromatic nitrogens is 2. The molecule has 0 aliphatic carbocycles. The van der Waals surface area contributed by atoms with Crippen molar-refractivity contribution in [3.05, 3.63) is 78.5 Å². The van der Waals surface area contributed by atoms with E-state index in [-0.39, 0.29) is 11.9 Å². The summed E-state index contributed by atoms with van der Waals surface area (Å²) in [4.78, 5) is 24.6. The summed E-state index contributed by atoms with van der Waals surface area (Å²) in [5.74, 6) is 0.918. The highest BCUT2D eigenvalue weighted by atomic mass is 16.1. The van der Waals surface area contributed by atoms with E-state index in [1.807, 2.05) is 66.7 Å². The molecule has 4 aromatic rings. The van der Waals surface area contributed by atoms with Gasteiger partial charge in [-0.15, -0.1) is 0 Å². The minimum Gasteiger partial charge on any atom is -0.354 e. The van der Waals surface area contributed by atoms with Crippen molar-refractivity contribution < 1.29 is 4.79 Å². The van der Waals surface area contributed by atoms with E-state index in [1.54, 1.807) is 6.20 Å². The Morgan fingerprint density at radius 3 is 2.29 bits per heavy atom. The molecule has 3 heterocycles. The average Bonchev–Trinajstić information content (AvgIpc) is 3.21. The van der Waals surface area contributed by atoms with E-state index in [9.17, 15) is 4.79 Å². The Balaban J connectivity index is 1.46. The largest absolute Gasteiger partial charge is 0.354 e. The molecule has 5 nitrogen and oxygen atoms in total. The highest BCUT2D eigenvalue weighted by molar-refractivity contribution is 6.16. The molecule has 1 aliphatic heterocycles. The van der Waals surface area contributed by atoms with Crippen LogP contribution in [0.2, 0.25) is 0 Å². The molecule has 0 bridgehead atoms. The molecule has 1 atom stereocenters. The number of rotatable bonds is 3. The van der Waals surface area contributed by atoms with Gasteiger partial charge in [-0.2, -0.15) is 0 Å². The van der Waals surface area contributed by atoms with Crippen molar-refractivity contribution >= 4 is 33.5 Å². The fourth-order valence-electron chi connectivity index (χ4n) is 3.97. The number of nitrogens with zero attached hydrogens (tertiary/aromatic N) is 3. The lowest BCUT2D eigenvalue weighted by atomic mass is 10.0. The van der Waals surface area contributed by atoms with Gasteiger partial charge in [0.2, 0.25) is 0 Å². The third kappa shape index (κ3) is 2.95. The number of para-hydroxylation sites is 2. The second-order valence-electron chi connectivity index (χ2n) is 7.11. The second-order valence-corrected chi connectivity index (χ2v) is 7.11. The highest BCUT2D eigenvalue weighted by Crippen LogP contribution is 2.26. The summed E-state index contributed by atoms with van der Waals surface area (Å²) in [6.45, 7) is 1.66. The first-order valence-corrected chi connectivity index (χ1v) is 9.54. The van der Waals surface area contributed by atoms with Gasteiger partial charge in [0, 0.05) is 36.1 Å². The van der Waals surface area contributed by atoms with E-state index < -0.39 is 0 Å². The van der Waals surface area contributed by atoms with Crippen LogP contribution in [0.4, 0.5) is 5.82 Å². The molecule has 28 heavy (non-hydrogen) atoms. The average molecular weight is 368 g/mol. The Bertz CT molecular complexity index is 1110. The molecule has 5 rings (SSSR count). The van der Waals surface area contributed by atoms with Gasteiger partial charge >= 0.3 is 0 Å². The van der Waals surface area contributed by atoms with Crippen LogP contribution in [-0.2, 0) is 0 Å². The summed E-state index contributed by atoms with van der Waals surface area (Å²) in [6, 6.07) is 21.7. The summed E-state index contributed by atoms with van der Waals surface area (Å²) in [5.41, 5.74) is 2.39. The Hall–Kier alpha value is -3.47. The number of carbonyl (C=O) groups is 1. The summed E-state index contributed by atoms with van der Waals surface area (Å²) in [6.07, 6.45) is 2.71. The summed E-state index contributed by atoms with van der Waals surface area (Å²) in [5, 5.41) is 5.02. The smallest absolute Gasteiger partial charge is 0.252 e. The quantitative estimate of drug-likeness (QED) is 0.559. The summed E-state index contributed by atoms with van der Waals surface area (Å²) < 4.78 is 0. The molecule has 1 amide bonds. The van der Waals surface area contributed by atoms with Gasteiger partial charge in [0.25, 0.3) is 5.91 Å². The van der Waals surface area contributed by atoms with Crippen LogP contribution in [0, 0.1) is 0 Å². The van der Waals surface area contributed by atoms with Crippen molar-refractivity contribution in [3.8, 4) is 0 Å². The standard InChI is InChI=1S/C23H20N4O/c28-23(25-16-12-14-27(15-16)21-11-5-6-13-24-21)22-17-7-1-3-9-19(17)26-20-10-4-2-8-18(20)22/h1-11,13,16H,12,14-15H2,(H,25,28). The minimum absolute atomic E-state index is 0.0392. The van der Waals surface area contributed by atoms with Crippen LogP contribution in [0.5, 0.6) is 0 Å². The number of fused-ring (bicyclic) bond motifs is 2. The van der Waals surface area contributed by atoms with Gasteiger partial charge in [-0.1, -0.05) is 42.5 Å². The molecule has 1 fully saturated rings. The minimum atomic E-state index is -0.0392. The summed E-state index contributed by atoms with van der Waals surface area (Å²) >= 11 is 0. The molecular weight excluding hydrogens is 348 g/mol. The van der Waals surface area contributed by atoms with Gasteiger partial charge in [0.05, 0.1) is 16.6 Å². The number of nitrogens with one attached hydrogen (secondary N) is 1. The highest BCUT2D eigenvalue weighted by Gasteiger charge is 2.26. The van der Waals surface area contributed by atoms with Crippen molar-refractivity contribution in [2.24, 2.45) is 0 Å². The van der Waals surface area contributed by atoms with Crippen LogP contribution in [-0.4, -0.2) is 35.0 Å². The lowest BCUT2D eigenvalue weighted by molar-refractivity contribution is 0.0943. The van der Waals surface area contributed by atoms with Gasteiger partial charge in [-0.25, -0.2) is 9.97 Å². The number of hydrogen-bond acceptors (Lipinski definition) is 4. The molecule has 0 spiro atoms. The zero-order valence-electron chi connectivity index (χ0n) is 15.4. The maximum atomic E-state index is 13.3. The van der Waals surface area contributed by atoms with Crippen LogP contribution < -0.4 is 10.2 Å². The van der Waals surface area contributed by atoms with E-state index >= 15 is 0 Å². The molecule has 2 aromatic carbocycles. The maximum absolute atomic E-state index is 13.3. The number of amides is 1. The first-order chi connectivity index (χ1) is 13.8. The molecule has 1 unspecified atom stereocenters. The van der Waals surface area contributed by atoms with Crippen LogP contribution >= 0.6 is 0 Å².